The number of carbonyl (C=O) groups excluding carboxylic acids is 1. The van der Waals surface area contributed by atoms with E-state index in [1.165, 1.54) is 44.8 Å². The van der Waals surface area contributed by atoms with Crippen molar-refractivity contribution in [2.24, 2.45) is 11.8 Å². The van der Waals surface area contributed by atoms with Crippen molar-refractivity contribution < 1.29 is 30.0 Å². The van der Waals surface area contributed by atoms with E-state index in [0.717, 1.165) is 59.5 Å². The Hall–Kier alpha value is -3.80. The quantitative estimate of drug-likeness (QED) is 0.0610. The number of aryl methyl sites for hydroxylation is 3. The summed E-state index contributed by atoms with van der Waals surface area (Å²) in [6.07, 6.45) is 4.91. The summed E-state index contributed by atoms with van der Waals surface area (Å²) in [7, 11) is 0. The van der Waals surface area contributed by atoms with Gasteiger partial charge in [0, 0.05) is 49.4 Å². The fraction of sp³-hybridized carbons (Fsp3) is 0.413. The maximum absolute atomic E-state index is 11.7. The molecule has 0 unspecified atom stereocenters. The summed E-state index contributed by atoms with van der Waals surface area (Å²) in [4.78, 5) is 21.8. The van der Waals surface area contributed by atoms with E-state index < -0.39 is 0 Å². The zero-order valence-corrected chi connectivity index (χ0v) is 36.0. The van der Waals surface area contributed by atoms with E-state index in [2.05, 4.69) is 120 Å². The molecule has 0 fully saturated rings. The molecule has 5 aromatic rings. The predicted molar refractivity (Wildman–Crippen MR) is 220 cm³/mol. The molecular weight excluding hydrogens is 830 g/mol. The van der Waals surface area contributed by atoms with E-state index in [-0.39, 0.29) is 50.2 Å². The van der Waals surface area contributed by atoms with Gasteiger partial charge in [-0.15, -0.1) is 34.9 Å². The maximum atomic E-state index is 11.7. The second kappa shape index (κ2) is 18.0. The molecule has 3 aromatic carbocycles. The van der Waals surface area contributed by atoms with Crippen LogP contribution in [0.1, 0.15) is 121 Å². The van der Waals surface area contributed by atoms with Crippen molar-refractivity contribution in [3.05, 3.63) is 107 Å². The maximum Gasteiger partial charge on any atom is 0.247 e. The molecule has 0 aliphatic carbocycles. The summed E-state index contributed by atoms with van der Waals surface area (Å²) >= 11 is 0. The van der Waals surface area contributed by atoms with Crippen LogP contribution >= 0.6 is 0 Å². The van der Waals surface area contributed by atoms with Crippen molar-refractivity contribution in [1.82, 2.24) is 14.5 Å². The first-order valence-electron chi connectivity index (χ1n) is 19.4. The number of hydrogen-bond donors (Lipinski definition) is 1. The van der Waals surface area contributed by atoms with Gasteiger partial charge in [-0.05, 0) is 78.6 Å². The van der Waals surface area contributed by atoms with Crippen LogP contribution < -0.4 is 16.4 Å². The molecule has 0 saturated carbocycles. The summed E-state index contributed by atoms with van der Waals surface area (Å²) in [5.74, 6) is 2.30. The Morgan fingerprint density at radius 3 is 1.98 bits per heavy atom. The average Bonchev–Trinajstić information content (AvgIpc) is 3.49. The third-order valence-corrected chi connectivity index (χ3v) is 10.8. The van der Waals surface area contributed by atoms with Crippen molar-refractivity contribution in [3.8, 4) is 17.1 Å². The van der Waals surface area contributed by atoms with Gasteiger partial charge in [-0.2, -0.15) is 0 Å². The van der Waals surface area contributed by atoms with Crippen molar-refractivity contribution in [2.75, 3.05) is 0 Å². The van der Waals surface area contributed by atoms with E-state index >= 15 is 0 Å². The average molecular weight is 887 g/mol. The topological polar surface area (TPSA) is 68.0 Å². The summed E-state index contributed by atoms with van der Waals surface area (Å²) in [6.45, 7) is 23.8. The summed E-state index contributed by atoms with van der Waals surface area (Å²) < 4.78 is 2.33. The number of ketones is 1. The molecule has 3 heterocycles. The number of nitrogens with zero attached hydrogens (tertiary/aromatic N) is 3. The molecular formula is C46H57BIrN3O2-. The van der Waals surface area contributed by atoms with Gasteiger partial charge in [0.1, 0.15) is 0 Å². The van der Waals surface area contributed by atoms with E-state index in [4.69, 9.17) is 9.97 Å². The van der Waals surface area contributed by atoms with Crippen LogP contribution in [-0.2, 0) is 24.9 Å². The number of fused-ring (bicyclic) bond motifs is 2. The second-order valence-electron chi connectivity index (χ2n) is 15.2. The number of rotatable bonds is 11. The molecule has 0 amide bonds. The van der Waals surface area contributed by atoms with Gasteiger partial charge < -0.3 is 9.67 Å². The second-order valence-corrected chi connectivity index (χ2v) is 15.2. The van der Waals surface area contributed by atoms with Crippen LogP contribution in [-0.4, -0.2) is 32.1 Å². The number of pyridine rings is 1. The SMILES string of the molecule is CCC(CC)C(=O)/C=C(\O)C(CC)CC.Cc1[c-]c(-c2nc3nc(C)cc4c3n2-c2ccccc2B4c2c(C(C)C)cccc2C(C)C)cc(C)c1.[Ir]. The fourth-order valence-electron chi connectivity index (χ4n) is 8.02. The van der Waals surface area contributed by atoms with E-state index in [1.54, 1.807) is 0 Å². The number of imidazole rings is 1. The molecule has 7 heteroatoms. The molecule has 281 valence electrons. The van der Waals surface area contributed by atoms with E-state index in [1.807, 2.05) is 27.7 Å². The minimum absolute atomic E-state index is 0. The van der Waals surface area contributed by atoms with Gasteiger partial charge in [0.2, 0.25) is 6.71 Å². The number of para-hydroxylation sites is 1. The molecule has 0 atom stereocenters. The Labute approximate surface area is 332 Å². The molecule has 1 radical (unpaired) electrons. The van der Waals surface area contributed by atoms with E-state index in [9.17, 15) is 9.90 Å². The Morgan fingerprint density at radius 1 is 0.811 bits per heavy atom. The van der Waals surface area contributed by atoms with Crippen LogP contribution in [0.3, 0.4) is 0 Å². The summed E-state index contributed by atoms with van der Waals surface area (Å²) in [5, 5.41) is 9.76. The smallest absolute Gasteiger partial charge is 0.247 e. The van der Waals surface area contributed by atoms with Crippen molar-refractivity contribution in [3.63, 3.8) is 0 Å². The number of benzene rings is 3. The predicted octanol–water partition coefficient (Wildman–Crippen LogP) is 9.76. The monoisotopic (exact) mass is 887 g/mol. The largest absolute Gasteiger partial charge is 0.512 e. The summed E-state index contributed by atoms with van der Waals surface area (Å²) in [5.41, 5.74) is 14.4. The minimum Gasteiger partial charge on any atom is -0.512 e. The number of aromatic nitrogens is 3. The number of allylic oxidation sites excluding steroid dienone is 2. The number of carbonyl (C=O) groups is 1. The van der Waals surface area contributed by atoms with Gasteiger partial charge in [0.15, 0.2) is 11.4 Å². The van der Waals surface area contributed by atoms with Gasteiger partial charge in [0.05, 0.1) is 17.1 Å². The molecule has 1 aliphatic heterocycles. The Bertz CT molecular complexity index is 2040. The first-order valence-corrected chi connectivity index (χ1v) is 19.4. The van der Waals surface area contributed by atoms with Gasteiger partial charge in [-0.3, -0.25) is 9.78 Å². The summed E-state index contributed by atoms with van der Waals surface area (Å²) in [6, 6.07) is 25.9. The van der Waals surface area contributed by atoms with Gasteiger partial charge >= 0.3 is 0 Å². The first-order chi connectivity index (χ1) is 24.8. The van der Waals surface area contributed by atoms with Crippen molar-refractivity contribution >= 4 is 40.0 Å². The van der Waals surface area contributed by atoms with Crippen LogP contribution in [0.25, 0.3) is 28.2 Å². The molecule has 0 spiro atoms. The number of aliphatic hydroxyl groups excluding tert-OH is 1. The van der Waals surface area contributed by atoms with Crippen LogP contribution in [0.15, 0.2) is 72.5 Å². The van der Waals surface area contributed by atoms with Crippen LogP contribution in [0, 0.1) is 38.7 Å². The van der Waals surface area contributed by atoms with Crippen LogP contribution in [0.5, 0.6) is 0 Å². The van der Waals surface area contributed by atoms with Crippen molar-refractivity contribution in [1.29, 1.82) is 0 Å². The molecule has 0 bridgehead atoms. The van der Waals surface area contributed by atoms with Crippen molar-refractivity contribution in [2.45, 2.75) is 114 Å². The standard InChI is InChI=1S/C33H33BN3.C13H24O2.Ir/c1-19(2)25-11-10-12-26(20(3)4)30(25)34-27-13-8-9-14-29(27)37-31-28(34)18-23(7)35-32(31)36-33(37)24-16-21(5)15-22(6)17-24;1-5-10(6-2)12(14)9-13(15)11(7-3)8-4;/h8-16,18-20H,1-7H3;9-11,14H,5-8H2,1-4H3;/q-1;;/b;12-9-;. The van der Waals surface area contributed by atoms with Crippen LogP contribution in [0.2, 0.25) is 0 Å². The van der Waals surface area contributed by atoms with E-state index in [0.29, 0.717) is 11.8 Å². The van der Waals surface area contributed by atoms with Gasteiger partial charge in [-0.25, -0.2) is 4.98 Å². The first kappa shape index (κ1) is 42.0. The number of aliphatic hydroxyl groups is 1. The van der Waals surface area contributed by atoms with Gasteiger partial charge in [-0.1, -0.05) is 111 Å². The zero-order chi connectivity index (χ0) is 37.9. The Kier molecular flexibility index (Phi) is 14.3. The Morgan fingerprint density at radius 2 is 1.42 bits per heavy atom. The zero-order valence-electron chi connectivity index (χ0n) is 33.6. The molecule has 1 aliphatic rings. The van der Waals surface area contributed by atoms with Gasteiger partial charge in [0.25, 0.3) is 0 Å². The molecule has 5 nitrogen and oxygen atoms in total. The van der Waals surface area contributed by atoms with Crippen LogP contribution in [0.4, 0.5) is 0 Å². The fourth-order valence-corrected chi connectivity index (χ4v) is 8.02. The molecule has 1 N–H and O–H groups in total. The molecule has 53 heavy (non-hydrogen) atoms. The minimum atomic E-state index is 0. The normalized spacial score (nSPS) is 12.4. The molecule has 0 saturated heterocycles. The Balaban J connectivity index is 0.000000335. The number of hydrogen-bond acceptors (Lipinski definition) is 4. The molecule has 6 rings (SSSR count). The third kappa shape index (κ3) is 8.63. The molecule has 2 aromatic heterocycles. The third-order valence-electron chi connectivity index (χ3n) is 10.8.